The highest BCUT2D eigenvalue weighted by Crippen LogP contribution is 2.10. The maximum Gasteiger partial charge on any atom is 0.305 e. The highest BCUT2D eigenvalue weighted by Gasteiger charge is 2.34. The largest absolute Gasteiger partial charge is 0.481 e. The van der Waals surface area contributed by atoms with Gasteiger partial charge in [-0.15, -0.1) is 0 Å². The minimum absolute atomic E-state index is 0.00327. The van der Waals surface area contributed by atoms with Crippen molar-refractivity contribution in [3.05, 3.63) is 35.9 Å². The number of hydrogen-bond donors (Lipinski definition) is 14. The summed E-state index contributed by atoms with van der Waals surface area (Å²) in [6, 6.07) is -3.58. The van der Waals surface area contributed by atoms with Crippen molar-refractivity contribution in [2.45, 2.75) is 154 Å². The lowest BCUT2D eigenvalue weighted by atomic mass is 9.98. The molecule has 0 radical (unpaired) electrons. The molecule has 0 unspecified atom stereocenters. The van der Waals surface area contributed by atoms with E-state index in [2.05, 4.69) is 47.9 Å². The average Bonchev–Trinajstić information content (AvgIpc) is 3.30. The summed E-state index contributed by atoms with van der Waals surface area (Å²) in [6.07, 6.45) is 1.29. The van der Waals surface area contributed by atoms with Crippen molar-refractivity contribution in [2.75, 3.05) is 19.7 Å². The van der Waals surface area contributed by atoms with Crippen molar-refractivity contribution in [1.82, 2.24) is 47.9 Å². The van der Waals surface area contributed by atoms with E-state index in [1.54, 1.807) is 37.3 Å². The number of aliphatic hydroxyl groups is 1. The second kappa shape index (κ2) is 32.2. The molecule has 25 nitrogen and oxygen atoms in total. The standard InChI is InChI=1S/C45H74N12O13/c1-7-24(2)36(52-28(6)59)45(70)51-25(3)38(63)49-26(4)39(64)55-32(21-29-15-9-8-10-16-29)42(67)54-31(18-12-14-20-47)41(66)50-27(5)40(65)56-33(22-35(60)61)43(68)57-34(23-58)44(69)53-30(37(48)62)17-11-13-19-46/h8-10,15-16,24-27,30-34,36,58H,7,11-14,17-23,46-47H2,1-6H3,(H2,48,62)(H,49,63)(H,50,66)(H,51,70)(H,52,59)(H,53,69)(H,54,67)(H,55,64)(H,56,65)(H,57,68)(H,60,61)/t24-,25-,26-,27-,30-,31-,32-,33-,34-,36-/m0/s1. The number of benzene rings is 1. The van der Waals surface area contributed by atoms with Gasteiger partial charge in [0.25, 0.3) is 0 Å². The van der Waals surface area contributed by atoms with Crippen LogP contribution >= 0.6 is 0 Å². The van der Waals surface area contributed by atoms with E-state index < -0.39 is 132 Å². The highest BCUT2D eigenvalue weighted by molar-refractivity contribution is 5.99. The molecule has 0 aliphatic carbocycles. The monoisotopic (exact) mass is 991 g/mol. The summed E-state index contributed by atoms with van der Waals surface area (Å²) in [4.78, 5) is 142. The Morgan fingerprint density at radius 1 is 0.529 bits per heavy atom. The molecule has 392 valence electrons. The quantitative estimate of drug-likeness (QED) is 0.0298. The topological polar surface area (TPSA) is 415 Å². The van der Waals surface area contributed by atoms with Crippen LogP contribution in [0, 0.1) is 5.92 Å². The van der Waals surface area contributed by atoms with E-state index in [-0.39, 0.29) is 31.7 Å². The zero-order valence-electron chi connectivity index (χ0n) is 40.8. The summed E-state index contributed by atoms with van der Waals surface area (Å²) < 4.78 is 0. The fourth-order valence-corrected chi connectivity index (χ4v) is 6.66. The predicted molar refractivity (Wildman–Crippen MR) is 254 cm³/mol. The Morgan fingerprint density at radius 2 is 0.943 bits per heavy atom. The number of amides is 10. The van der Waals surface area contributed by atoms with Crippen molar-refractivity contribution in [3.8, 4) is 0 Å². The molecule has 70 heavy (non-hydrogen) atoms. The Balaban J connectivity index is 3.23. The Kier molecular flexibility index (Phi) is 28.1. The molecule has 0 saturated carbocycles. The number of hydrogen-bond acceptors (Lipinski definition) is 14. The van der Waals surface area contributed by atoms with Crippen LogP contribution in [-0.4, -0.2) is 149 Å². The van der Waals surface area contributed by atoms with Gasteiger partial charge in [-0.3, -0.25) is 52.7 Å². The third-order valence-electron chi connectivity index (χ3n) is 11.0. The smallest absolute Gasteiger partial charge is 0.305 e. The van der Waals surface area contributed by atoms with Crippen molar-refractivity contribution < 1.29 is 63.0 Å². The zero-order valence-corrected chi connectivity index (χ0v) is 40.8. The lowest BCUT2D eigenvalue weighted by molar-refractivity contribution is -0.141. The molecule has 0 bridgehead atoms. The number of carboxylic acid groups (broad SMARTS) is 1. The number of carbonyl (C=O) groups excluding carboxylic acids is 10. The minimum atomic E-state index is -1.84. The summed E-state index contributed by atoms with van der Waals surface area (Å²) in [6.45, 7) is 8.39. The lowest BCUT2D eigenvalue weighted by Gasteiger charge is -2.27. The van der Waals surface area contributed by atoms with Gasteiger partial charge in [-0.25, -0.2) is 0 Å². The van der Waals surface area contributed by atoms with Gasteiger partial charge in [0, 0.05) is 13.3 Å². The van der Waals surface area contributed by atoms with Gasteiger partial charge >= 0.3 is 5.97 Å². The Labute approximate surface area is 407 Å². The van der Waals surface area contributed by atoms with Gasteiger partial charge in [-0.05, 0) is 83.9 Å². The Hall–Kier alpha value is -6.73. The van der Waals surface area contributed by atoms with Crippen LogP contribution in [0.25, 0.3) is 0 Å². The van der Waals surface area contributed by atoms with Crippen molar-refractivity contribution in [3.63, 3.8) is 0 Å². The van der Waals surface area contributed by atoms with Crippen molar-refractivity contribution in [1.29, 1.82) is 0 Å². The summed E-state index contributed by atoms with van der Waals surface area (Å²) >= 11 is 0. The predicted octanol–water partition coefficient (Wildman–Crippen LogP) is -4.07. The number of primary amides is 1. The second-order valence-electron chi connectivity index (χ2n) is 17.0. The van der Waals surface area contributed by atoms with E-state index in [0.29, 0.717) is 44.2 Å². The third kappa shape index (κ3) is 22.6. The first kappa shape index (κ1) is 61.3. The Morgan fingerprint density at radius 3 is 1.43 bits per heavy atom. The molecular weight excluding hydrogens is 917 g/mol. The van der Waals surface area contributed by atoms with E-state index in [4.69, 9.17) is 17.2 Å². The SMILES string of the molecule is CC[C@H](C)[C@H](NC(C)=O)C(=O)N[C@@H](C)C(=O)N[C@@H](C)C(=O)N[C@@H](Cc1ccccc1)C(=O)N[C@@H](CCCCN)C(=O)N[C@@H](C)C(=O)N[C@@H](CC(=O)O)C(=O)N[C@@H](CO)C(=O)N[C@@H](CCCCN)C(N)=O. The second-order valence-corrected chi connectivity index (χ2v) is 17.0. The van der Waals surface area contributed by atoms with E-state index in [0.717, 1.165) is 0 Å². The van der Waals surface area contributed by atoms with Crippen LogP contribution in [0.5, 0.6) is 0 Å². The van der Waals surface area contributed by atoms with Crippen LogP contribution in [0.1, 0.15) is 98.5 Å². The molecule has 0 fully saturated rings. The molecule has 0 aliphatic rings. The summed E-state index contributed by atoms with van der Waals surface area (Å²) in [5, 5.41) is 41.4. The summed E-state index contributed by atoms with van der Waals surface area (Å²) in [5.41, 5.74) is 17.1. The first-order chi connectivity index (χ1) is 33.0. The van der Waals surface area contributed by atoms with Gasteiger partial charge in [-0.2, -0.15) is 0 Å². The van der Waals surface area contributed by atoms with Gasteiger partial charge in [-0.1, -0.05) is 50.6 Å². The number of rotatable bonds is 33. The molecule has 0 aromatic heterocycles. The van der Waals surface area contributed by atoms with Crippen molar-refractivity contribution >= 4 is 65.0 Å². The molecule has 1 aromatic carbocycles. The molecule has 1 rings (SSSR count). The van der Waals surface area contributed by atoms with Crippen LogP contribution in [0.3, 0.4) is 0 Å². The van der Waals surface area contributed by atoms with E-state index in [1.807, 2.05) is 6.92 Å². The summed E-state index contributed by atoms with van der Waals surface area (Å²) in [7, 11) is 0. The Bertz CT molecular complexity index is 1940. The fraction of sp³-hybridized carbons (Fsp3) is 0.622. The van der Waals surface area contributed by atoms with Crippen LogP contribution in [-0.2, 0) is 59.2 Å². The van der Waals surface area contributed by atoms with Crippen LogP contribution in [0.15, 0.2) is 30.3 Å². The normalized spacial score (nSPS) is 15.2. The molecule has 17 N–H and O–H groups in total. The zero-order chi connectivity index (χ0) is 53.1. The molecule has 10 amide bonds. The number of nitrogens with two attached hydrogens (primary N) is 3. The number of aliphatic carboxylic acids is 1. The van der Waals surface area contributed by atoms with Gasteiger partial charge in [0.1, 0.15) is 54.4 Å². The summed E-state index contributed by atoms with van der Waals surface area (Å²) in [5.74, 6) is -10.2. The van der Waals surface area contributed by atoms with E-state index in [1.165, 1.54) is 27.7 Å². The molecule has 0 aliphatic heterocycles. The lowest BCUT2D eigenvalue weighted by Crippen LogP contribution is -2.60. The number of aliphatic hydroxyl groups excluding tert-OH is 1. The first-order valence-corrected chi connectivity index (χ1v) is 23.3. The third-order valence-corrected chi connectivity index (χ3v) is 11.0. The van der Waals surface area contributed by atoms with Crippen LogP contribution < -0.4 is 65.1 Å². The van der Waals surface area contributed by atoms with E-state index >= 15 is 0 Å². The molecule has 0 spiro atoms. The number of nitrogens with one attached hydrogen (secondary N) is 9. The number of unbranched alkanes of at least 4 members (excludes halogenated alkanes) is 2. The van der Waals surface area contributed by atoms with E-state index in [9.17, 15) is 63.0 Å². The highest BCUT2D eigenvalue weighted by atomic mass is 16.4. The maximum atomic E-state index is 14.0. The molecular formula is C45H74N12O13. The minimum Gasteiger partial charge on any atom is -0.481 e. The molecule has 0 saturated heterocycles. The number of carboxylic acids is 1. The molecule has 25 heteroatoms. The van der Waals surface area contributed by atoms with Crippen LogP contribution in [0.4, 0.5) is 0 Å². The van der Waals surface area contributed by atoms with Crippen LogP contribution in [0.2, 0.25) is 0 Å². The first-order valence-electron chi connectivity index (χ1n) is 23.3. The van der Waals surface area contributed by atoms with Gasteiger partial charge in [0.15, 0.2) is 0 Å². The molecule has 0 heterocycles. The van der Waals surface area contributed by atoms with Gasteiger partial charge in [0.05, 0.1) is 13.0 Å². The number of carbonyl (C=O) groups is 11. The molecule has 1 aromatic rings. The van der Waals surface area contributed by atoms with Crippen molar-refractivity contribution in [2.24, 2.45) is 23.1 Å². The molecule has 10 atom stereocenters. The van der Waals surface area contributed by atoms with Gasteiger partial charge in [0.2, 0.25) is 59.1 Å². The maximum absolute atomic E-state index is 14.0. The average molecular weight is 991 g/mol. The van der Waals surface area contributed by atoms with Gasteiger partial charge < -0.3 is 75.3 Å². The fourth-order valence-electron chi connectivity index (χ4n) is 6.66.